The van der Waals surface area contributed by atoms with Crippen molar-refractivity contribution < 1.29 is 8.42 Å². The van der Waals surface area contributed by atoms with Gasteiger partial charge >= 0.3 is 0 Å². The summed E-state index contributed by atoms with van der Waals surface area (Å²) in [4.78, 5) is 0. The Balaban J connectivity index is 2.74. The molecule has 0 bridgehead atoms. The lowest BCUT2D eigenvalue weighted by molar-refractivity contribution is 0.479. The number of rotatable bonds is 5. The average Bonchev–Trinajstić information content (AvgIpc) is 2.69. The number of H-pyrrole nitrogens is 1. The highest BCUT2D eigenvalue weighted by molar-refractivity contribution is 7.89. The van der Waals surface area contributed by atoms with Crippen molar-refractivity contribution in [3.8, 4) is 0 Å². The molecule has 0 aliphatic carbocycles. The van der Waals surface area contributed by atoms with Gasteiger partial charge in [0.05, 0.1) is 6.20 Å². The van der Waals surface area contributed by atoms with Gasteiger partial charge in [-0.1, -0.05) is 6.92 Å². The molecular formula is C8H14ClN3O2S. The SMILES string of the molecule is CC(CCl)C(C)NS(=O)(=O)c1ccn[nH]1. The van der Waals surface area contributed by atoms with Crippen LogP contribution in [0.2, 0.25) is 0 Å². The highest BCUT2D eigenvalue weighted by Crippen LogP contribution is 2.09. The Bertz CT molecular complexity index is 390. The summed E-state index contributed by atoms with van der Waals surface area (Å²) in [5.74, 6) is 0.483. The highest BCUT2D eigenvalue weighted by Gasteiger charge is 2.21. The van der Waals surface area contributed by atoms with E-state index in [1.54, 1.807) is 6.92 Å². The molecule has 0 radical (unpaired) electrons. The molecule has 0 aromatic carbocycles. The molecule has 0 saturated heterocycles. The Kier molecular flexibility index (Phi) is 4.12. The van der Waals surface area contributed by atoms with E-state index < -0.39 is 10.0 Å². The summed E-state index contributed by atoms with van der Waals surface area (Å²) >= 11 is 5.65. The first-order valence-electron chi connectivity index (χ1n) is 4.55. The molecule has 86 valence electrons. The third-order valence-corrected chi connectivity index (χ3v) is 4.18. The second kappa shape index (κ2) is 4.96. The van der Waals surface area contributed by atoms with Gasteiger partial charge in [-0.25, -0.2) is 13.1 Å². The monoisotopic (exact) mass is 251 g/mol. The highest BCUT2D eigenvalue weighted by atomic mass is 35.5. The van der Waals surface area contributed by atoms with Gasteiger partial charge in [-0.3, -0.25) is 5.10 Å². The van der Waals surface area contributed by atoms with Crippen molar-refractivity contribution in [2.45, 2.75) is 24.9 Å². The van der Waals surface area contributed by atoms with Crippen LogP contribution < -0.4 is 4.72 Å². The van der Waals surface area contributed by atoms with Crippen LogP contribution in [0.5, 0.6) is 0 Å². The van der Waals surface area contributed by atoms with E-state index in [0.717, 1.165) is 0 Å². The van der Waals surface area contributed by atoms with Crippen LogP contribution in [-0.2, 0) is 10.0 Å². The van der Waals surface area contributed by atoms with E-state index in [0.29, 0.717) is 5.88 Å². The van der Waals surface area contributed by atoms with Crippen molar-refractivity contribution >= 4 is 21.6 Å². The Morgan fingerprint density at radius 1 is 1.60 bits per heavy atom. The van der Waals surface area contributed by atoms with Gasteiger partial charge in [0.2, 0.25) is 0 Å². The third kappa shape index (κ3) is 3.19. The summed E-state index contributed by atoms with van der Waals surface area (Å²) < 4.78 is 25.9. The topological polar surface area (TPSA) is 74.8 Å². The van der Waals surface area contributed by atoms with E-state index in [4.69, 9.17) is 11.6 Å². The fourth-order valence-corrected chi connectivity index (χ4v) is 2.48. The van der Waals surface area contributed by atoms with E-state index >= 15 is 0 Å². The standard InChI is InChI=1S/C8H14ClN3O2S/c1-6(5-9)7(2)12-15(13,14)8-3-4-10-11-8/h3-4,6-7,12H,5H2,1-2H3,(H,10,11). The molecule has 2 atom stereocenters. The summed E-state index contributed by atoms with van der Waals surface area (Å²) in [5, 5.41) is 6.06. The first-order chi connectivity index (χ1) is 6.97. The van der Waals surface area contributed by atoms with Crippen LogP contribution in [0.3, 0.4) is 0 Å². The van der Waals surface area contributed by atoms with Gasteiger partial charge in [0, 0.05) is 11.9 Å². The van der Waals surface area contributed by atoms with Gasteiger partial charge in [-0.15, -0.1) is 11.6 Å². The van der Waals surface area contributed by atoms with Crippen molar-refractivity contribution in [2.24, 2.45) is 5.92 Å². The van der Waals surface area contributed by atoms with Crippen molar-refractivity contribution in [1.82, 2.24) is 14.9 Å². The quantitative estimate of drug-likeness (QED) is 0.766. The molecule has 1 aromatic rings. The second-order valence-corrected chi connectivity index (χ2v) is 5.45. The van der Waals surface area contributed by atoms with Crippen LogP contribution in [0.1, 0.15) is 13.8 Å². The van der Waals surface area contributed by atoms with Gasteiger partial charge in [-0.2, -0.15) is 5.10 Å². The molecule has 1 rings (SSSR count). The first-order valence-corrected chi connectivity index (χ1v) is 6.57. The van der Waals surface area contributed by atoms with E-state index in [-0.39, 0.29) is 17.0 Å². The van der Waals surface area contributed by atoms with Gasteiger partial charge in [0.15, 0.2) is 5.03 Å². The summed E-state index contributed by atoms with van der Waals surface area (Å²) in [6.45, 7) is 3.66. The van der Waals surface area contributed by atoms with Crippen molar-refractivity contribution in [3.05, 3.63) is 12.3 Å². The predicted molar refractivity (Wildman–Crippen MR) is 58.3 cm³/mol. The van der Waals surface area contributed by atoms with Crippen molar-refractivity contribution in [2.75, 3.05) is 5.88 Å². The second-order valence-electron chi connectivity index (χ2n) is 3.46. The molecule has 0 aliphatic rings. The van der Waals surface area contributed by atoms with Crippen LogP contribution in [0.15, 0.2) is 17.3 Å². The lowest BCUT2D eigenvalue weighted by Crippen LogP contribution is -2.37. The fraction of sp³-hybridized carbons (Fsp3) is 0.625. The number of alkyl halides is 1. The van der Waals surface area contributed by atoms with Gasteiger partial charge in [0.25, 0.3) is 10.0 Å². The fourth-order valence-electron chi connectivity index (χ4n) is 0.951. The number of hydrogen-bond donors (Lipinski definition) is 2. The first kappa shape index (κ1) is 12.5. The minimum atomic E-state index is -3.50. The smallest absolute Gasteiger partial charge is 0.257 e. The van der Waals surface area contributed by atoms with Crippen molar-refractivity contribution in [3.63, 3.8) is 0 Å². The Morgan fingerprint density at radius 2 is 2.27 bits per heavy atom. The number of halogens is 1. The van der Waals surface area contributed by atoms with Crippen LogP contribution >= 0.6 is 11.6 Å². The Labute approximate surface area is 94.3 Å². The largest absolute Gasteiger partial charge is 0.266 e. The lowest BCUT2D eigenvalue weighted by atomic mass is 10.1. The molecule has 0 aliphatic heterocycles. The molecule has 0 spiro atoms. The number of nitrogens with zero attached hydrogens (tertiary/aromatic N) is 1. The predicted octanol–water partition coefficient (Wildman–Crippen LogP) is 0.951. The van der Waals surface area contributed by atoms with E-state index in [1.165, 1.54) is 12.3 Å². The van der Waals surface area contributed by atoms with E-state index in [2.05, 4.69) is 14.9 Å². The van der Waals surface area contributed by atoms with Crippen LogP contribution in [0.25, 0.3) is 0 Å². The molecule has 0 saturated carbocycles. The van der Waals surface area contributed by atoms with Gasteiger partial charge in [0.1, 0.15) is 0 Å². The van der Waals surface area contributed by atoms with E-state index in [9.17, 15) is 8.42 Å². The average molecular weight is 252 g/mol. The molecule has 1 heterocycles. The van der Waals surface area contributed by atoms with Crippen LogP contribution in [0.4, 0.5) is 0 Å². The number of sulfonamides is 1. The number of aromatic nitrogens is 2. The molecular weight excluding hydrogens is 238 g/mol. The number of nitrogens with one attached hydrogen (secondary N) is 2. The summed E-state index contributed by atoms with van der Waals surface area (Å²) in [7, 11) is -3.50. The summed E-state index contributed by atoms with van der Waals surface area (Å²) in [6.07, 6.45) is 1.39. The van der Waals surface area contributed by atoms with Crippen LogP contribution in [0, 0.1) is 5.92 Å². The molecule has 2 N–H and O–H groups in total. The lowest BCUT2D eigenvalue weighted by Gasteiger charge is -2.18. The maximum atomic E-state index is 11.7. The maximum Gasteiger partial charge on any atom is 0.257 e. The summed E-state index contributed by atoms with van der Waals surface area (Å²) in [6, 6.07) is 1.19. The normalized spacial score (nSPS) is 16.2. The number of aromatic amines is 1. The zero-order chi connectivity index (χ0) is 11.5. The maximum absolute atomic E-state index is 11.7. The third-order valence-electron chi connectivity index (χ3n) is 2.20. The zero-order valence-corrected chi connectivity index (χ0v) is 10.1. The number of hydrogen-bond acceptors (Lipinski definition) is 3. The van der Waals surface area contributed by atoms with Crippen LogP contribution in [-0.4, -0.2) is 30.5 Å². The van der Waals surface area contributed by atoms with Gasteiger partial charge in [-0.05, 0) is 18.9 Å². The molecule has 0 fully saturated rings. The zero-order valence-electron chi connectivity index (χ0n) is 8.57. The Morgan fingerprint density at radius 3 is 2.73 bits per heavy atom. The molecule has 15 heavy (non-hydrogen) atoms. The molecule has 5 nitrogen and oxygen atoms in total. The van der Waals surface area contributed by atoms with Crippen molar-refractivity contribution in [1.29, 1.82) is 0 Å². The van der Waals surface area contributed by atoms with Gasteiger partial charge < -0.3 is 0 Å². The van der Waals surface area contributed by atoms with E-state index in [1.807, 2.05) is 6.92 Å². The molecule has 2 unspecified atom stereocenters. The molecule has 7 heteroatoms. The summed E-state index contributed by atoms with van der Waals surface area (Å²) in [5.41, 5.74) is 0. The molecule has 1 aromatic heterocycles. The molecule has 0 amide bonds. The minimum absolute atomic E-state index is 0.0659. The minimum Gasteiger partial charge on any atom is -0.266 e. The Hall–Kier alpha value is -0.590.